The van der Waals surface area contributed by atoms with Crippen LogP contribution in [-0.2, 0) is 9.53 Å². The lowest BCUT2D eigenvalue weighted by atomic mass is 10.0. The number of ether oxygens (including phenoxy) is 1. The van der Waals surface area contributed by atoms with Crippen molar-refractivity contribution in [3.63, 3.8) is 0 Å². The minimum absolute atomic E-state index is 0.206. The topological polar surface area (TPSA) is 73.8 Å². The minimum Gasteiger partial charge on any atom is -0.465 e. The molecule has 138 valence electrons. The van der Waals surface area contributed by atoms with E-state index >= 15 is 0 Å². The Balaban J connectivity index is 1.96. The molecule has 0 spiro atoms. The molecule has 0 bridgehead atoms. The van der Waals surface area contributed by atoms with Crippen molar-refractivity contribution in [1.29, 1.82) is 0 Å². The maximum Gasteiger partial charge on any atom is 0.338 e. The van der Waals surface area contributed by atoms with Gasteiger partial charge in [0.2, 0.25) is 0 Å². The van der Waals surface area contributed by atoms with Crippen molar-refractivity contribution in [3.8, 4) is 0 Å². The number of aromatic nitrogens is 1. The van der Waals surface area contributed by atoms with Gasteiger partial charge in [-0.1, -0.05) is 17.4 Å². The highest BCUT2D eigenvalue weighted by atomic mass is 32.1. The van der Waals surface area contributed by atoms with Crippen molar-refractivity contribution < 1.29 is 13.9 Å². The number of allylic oxidation sites excluding steroid dienone is 1. The van der Waals surface area contributed by atoms with Gasteiger partial charge in [-0.05, 0) is 37.4 Å². The Labute approximate surface area is 162 Å². The second-order valence-electron chi connectivity index (χ2n) is 5.83. The van der Waals surface area contributed by atoms with E-state index in [-0.39, 0.29) is 12.2 Å². The van der Waals surface area contributed by atoms with Crippen LogP contribution in [0.4, 0.5) is 0 Å². The first kappa shape index (κ1) is 17.7. The van der Waals surface area contributed by atoms with Gasteiger partial charge >= 0.3 is 5.97 Å². The molecule has 0 saturated carbocycles. The van der Waals surface area contributed by atoms with Crippen molar-refractivity contribution in [2.45, 2.75) is 19.9 Å². The Bertz CT molecular complexity index is 1180. The first-order valence-electron chi connectivity index (χ1n) is 8.36. The van der Waals surface area contributed by atoms with Crippen LogP contribution in [0.15, 0.2) is 61.4 Å². The lowest BCUT2D eigenvalue weighted by molar-refractivity contribution is -0.139. The molecule has 27 heavy (non-hydrogen) atoms. The fraction of sp³-hybridized carbons (Fsp3) is 0.211. The number of fused-ring (bicyclic) bond motifs is 1. The van der Waals surface area contributed by atoms with E-state index in [1.165, 1.54) is 22.7 Å². The molecule has 4 rings (SSSR count). The van der Waals surface area contributed by atoms with Crippen molar-refractivity contribution in [2.24, 2.45) is 4.99 Å². The van der Waals surface area contributed by atoms with E-state index in [1.54, 1.807) is 42.9 Å². The molecule has 0 radical (unpaired) electrons. The van der Waals surface area contributed by atoms with Gasteiger partial charge in [0.15, 0.2) is 4.80 Å². The van der Waals surface area contributed by atoms with Crippen LogP contribution in [0.2, 0.25) is 0 Å². The number of thiazole rings is 1. The van der Waals surface area contributed by atoms with E-state index in [1.807, 2.05) is 17.5 Å². The van der Waals surface area contributed by atoms with Crippen LogP contribution in [0.25, 0.3) is 6.08 Å². The Morgan fingerprint density at radius 2 is 2.26 bits per heavy atom. The van der Waals surface area contributed by atoms with Gasteiger partial charge in [-0.15, -0.1) is 11.3 Å². The number of carbonyl (C=O) groups excluding carboxylic acids is 1. The number of thiophene rings is 1. The fourth-order valence-corrected chi connectivity index (χ4v) is 4.86. The summed E-state index contributed by atoms with van der Waals surface area (Å²) in [4.78, 5) is 31.7. The molecule has 0 saturated heterocycles. The SMILES string of the molecule is CCOC(=O)C1=C(C)N=c2s/c(=C/c3ccco3)c(=O)n2[C@H]1c1cccs1. The van der Waals surface area contributed by atoms with Gasteiger partial charge < -0.3 is 9.15 Å². The van der Waals surface area contributed by atoms with Crippen molar-refractivity contribution >= 4 is 34.7 Å². The van der Waals surface area contributed by atoms with E-state index in [4.69, 9.17) is 9.15 Å². The molecule has 0 aliphatic carbocycles. The average molecular weight is 400 g/mol. The number of rotatable bonds is 4. The van der Waals surface area contributed by atoms with Crippen molar-refractivity contribution in [1.82, 2.24) is 4.57 Å². The van der Waals surface area contributed by atoms with Gasteiger partial charge in [-0.3, -0.25) is 9.36 Å². The largest absolute Gasteiger partial charge is 0.465 e. The zero-order valence-corrected chi connectivity index (χ0v) is 16.3. The molecule has 4 heterocycles. The first-order chi connectivity index (χ1) is 13.1. The molecule has 3 aromatic heterocycles. The Morgan fingerprint density at radius 1 is 1.41 bits per heavy atom. The second kappa shape index (κ2) is 7.13. The molecule has 6 nitrogen and oxygen atoms in total. The molecular formula is C19H16N2O4S2. The monoisotopic (exact) mass is 400 g/mol. The Hall–Kier alpha value is -2.71. The third kappa shape index (κ3) is 3.11. The molecule has 1 aliphatic rings. The number of furan rings is 1. The number of carbonyl (C=O) groups is 1. The third-order valence-electron chi connectivity index (χ3n) is 4.15. The summed E-state index contributed by atoms with van der Waals surface area (Å²) in [7, 11) is 0. The number of nitrogens with zero attached hydrogens (tertiary/aromatic N) is 2. The highest BCUT2D eigenvalue weighted by molar-refractivity contribution is 7.10. The predicted molar refractivity (Wildman–Crippen MR) is 103 cm³/mol. The molecule has 0 fully saturated rings. The molecule has 3 aromatic rings. The average Bonchev–Trinajstić information content (AvgIpc) is 3.38. The number of hydrogen-bond acceptors (Lipinski definition) is 7. The van der Waals surface area contributed by atoms with E-state index in [0.717, 1.165) is 4.88 Å². The molecule has 0 aromatic carbocycles. The van der Waals surface area contributed by atoms with Gasteiger partial charge in [0.1, 0.15) is 11.8 Å². The summed E-state index contributed by atoms with van der Waals surface area (Å²) in [5.74, 6) is 0.145. The third-order valence-corrected chi connectivity index (χ3v) is 6.05. The van der Waals surface area contributed by atoms with Gasteiger partial charge in [-0.2, -0.15) is 0 Å². The molecule has 1 atom stereocenters. The summed E-state index contributed by atoms with van der Waals surface area (Å²) in [6, 6.07) is 6.82. The van der Waals surface area contributed by atoms with Crippen molar-refractivity contribution in [3.05, 3.63) is 77.5 Å². The quantitative estimate of drug-likeness (QED) is 0.631. The second-order valence-corrected chi connectivity index (χ2v) is 7.82. The lowest BCUT2D eigenvalue weighted by Gasteiger charge is -2.23. The summed E-state index contributed by atoms with van der Waals surface area (Å²) < 4.78 is 12.6. The van der Waals surface area contributed by atoms with E-state index in [0.29, 0.717) is 26.4 Å². The van der Waals surface area contributed by atoms with Gasteiger partial charge in [-0.25, -0.2) is 9.79 Å². The Morgan fingerprint density at radius 3 is 2.93 bits per heavy atom. The summed E-state index contributed by atoms with van der Waals surface area (Å²) >= 11 is 2.77. The van der Waals surface area contributed by atoms with E-state index in [9.17, 15) is 9.59 Å². The maximum atomic E-state index is 13.1. The molecule has 0 amide bonds. The van der Waals surface area contributed by atoms with Crippen LogP contribution >= 0.6 is 22.7 Å². The minimum atomic E-state index is -0.543. The molecule has 1 aliphatic heterocycles. The molecule has 8 heteroatoms. The number of hydrogen-bond donors (Lipinski definition) is 0. The van der Waals surface area contributed by atoms with Gasteiger partial charge in [0.05, 0.1) is 28.7 Å². The molecule has 0 unspecified atom stereocenters. The van der Waals surface area contributed by atoms with Crippen LogP contribution < -0.4 is 14.9 Å². The maximum absolute atomic E-state index is 13.1. The van der Waals surface area contributed by atoms with E-state index < -0.39 is 12.0 Å². The molecular weight excluding hydrogens is 384 g/mol. The molecule has 0 N–H and O–H groups in total. The Kier molecular flexibility index (Phi) is 4.67. The van der Waals surface area contributed by atoms with Crippen LogP contribution in [0.5, 0.6) is 0 Å². The highest BCUT2D eigenvalue weighted by Gasteiger charge is 2.33. The fourth-order valence-electron chi connectivity index (χ4n) is 3.01. The standard InChI is InChI=1S/C19H16N2O4S2/c1-3-24-18(23)15-11(2)20-19-21(16(15)13-7-5-9-26-13)17(22)14(27-19)10-12-6-4-8-25-12/h4-10,16H,3H2,1-2H3/b14-10+/t16-/m0/s1. The summed E-state index contributed by atoms with van der Waals surface area (Å²) in [5.41, 5.74) is 0.761. The van der Waals surface area contributed by atoms with Gasteiger partial charge in [0.25, 0.3) is 5.56 Å². The van der Waals surface area contributed by atoms with Crippen molar-refractivity contribution in [2.75, 3.05) is 6.61 Å². The summed E-state index contributed by atoms with van der Waals surface area (Å²) in [5, 5.41) is 1.92. The highest BCUT2D eigenvalue weighted by Crippen LogP contribution is 2.33. The normalized spacial score (nSPS) is 17.0. The lowest BCUT2D eigenvalue weighted by Crippen LogP contribution is -2.39. The van der Waals surface area contributed by atoms with Gasteiger partial charge in [0, 0.05) is 11.0 Å². The van der Waals surface area contributed by atoms with Crippen LogP contribution in [0.3, 0.4) is 0 Å². The summed E-state index contributed by atoms with van der Waals surface area (Å²) in [6.07, 6.45) is 3.25. The predicted octanol–water partition coefficient (Wildman–Crippen LogP) is 2.45. The van der Waals surface area contributed by atoms with E-state index in [2.05, 4.69) is 4.99 Å². The summed E-state index contributed by atoms with van der Waals surface area (Å²) in [6.45, 7) is 3.79. The van der Waals surface area contributed by atoms with Crippen LogP contribution in [0.1, 0.15) is 30.5 Å². The smallest absolute Gasteiger partial charge is 0.338 e. The first-order valence-corrected chi connectivity index (χ1v) is 10.1. The van der Waals surface area contributed by atoms with Crippen LogP contribution in [0, 0.1) is 0 Å². The zero-order valence-electron chi connectivity index (χ0n) is 14.7. The van der Waals surface area contributed by atoms with Crippen LogP contribution in [-0.4, -0.2) is 17.1 Å². The number of esters is 1. The zero-order chi connectivity index (χ0) is 19.0.